The molecule has 1 fully saturated rings. The molecule has 1 aliphatic heterocycles. The van der Waals surface area contributed by atoms with Gasteiger partial charge in [-0.3, -0.25) is 4.79 Å². The molecule has 0 aliphatic carbocycles. The number of carbonyl (C=O) groups excluding carboxylic acids is 1. The number of hydrogen-bond donors (Lipinski definition) is 0. The summed E-state index contributed by atoms with van der Waals surface area (Å²) < 4.78 is 15.5. The molecule has 4 heteroatoms. The Bertz CT molecular complexity index is 180. The summed E-state index contributed by atoms with van der Waals surface area (Å²) >= 11 is 0. The fourth-order valence-electron chi connectivity index (χ4n) is 1.15. The second kappa shape index (κ2) is 3.41. The van der Waals surface area contributed by atoms with Crippen molar-refractivity contribution in [2.24, 2.45) is 0 Å². The molecule has 2 unspecified atom stereocenters. The fourth-order valence-corrected chi connectivity index (χ4v) is 1.15. The van der Waals surface area contributed by atoms with Gasteiger partial charge in [0, 0.05) is 13.3 Å². The fraction of sp³-hybridized carbons (Fsp3) is 0.875. The van der Waals surface area contributed by atoms with Crippen LogP contribution in [0.1, 0.15) is 27.2 Å². The van der Waals surface area contributed by atoms with Gasteiger partial charge < -0.3 is 14.2 Å². The summed E-state index contributed by atoms with van der Waals surface area (Å²) in [5.41, 5.74) is 0. The summed E-state index contributed by atoms with van der Waals surface area (Å²) in [5.74, 6) is -1.50. The Morgan fingerprint density at radius 2 is 2.42 bits per heavy atom. The lowest BCUT2D eigenvalue weighted by atomic mass is 10.4. The molecule has 1 heterocycles. The lowest BCUT2D eigenvalue weighted by Crippen LogP contribution is -2.35. The molecule has 0 aromatic heterocycles. The van der Waals surface area contributed by atoms with E-state index in [0.29, 0.717) is 13.0 Å². The number of esters is 1. The van der Waals surface area contributed by atoms with Crippen LogP contribution in [0.15, 0.2) is 0 Å². The molecule has 0 spiro atoms. The van der Waals surface area contributed by atoms with Crippen LogP contribution in [0.2, 0.25) is 0 Å². The van der Waals surface area contributed by atoms with Crippen molar-refractivity contribution in [3.05, 3.63) is 0 Å². The molecule has 0 saturated carbocycles. The Labute approximate surface area is 71.8 Å². The van der Waals surface area contributed by atoms with Gasteiger partial charge in [-0.15, -0.1) is 0 Å². The first kappa shape index (κ1) is 9.48. The average molecular weight is 174 g/mol. The zero-order valence-electron chi connectivity index (χ0n) is 7.62. The van der Waals surface area contributed by atoms with Crippen molar-refractivity contribution in [3.8, 4) is 0 Å². The van der Waals surface area contributed by atoms with Gasteiger partial charge in [0.1, 0.15) is 0 Å². The van der Waals surface area contributed by atoms with Crippen LogP contribution in [0, 0.1) is 0 Å². The number of ether oxygens (including phenoxy) is 3. The number of carbonyl (C=O) groups is 1. The highest BCUT2D eigenvalue weighted by Gasteiger charge is 2.41. The summed E-state index contributed by atoms with van der Waals surface area (Å²) in [4.78, 5) is 10.7. The van der Waals surface area contributed by atoms with E-state index in [1.165, 1.54) is 6.92 Å². The monoisotopic (exact) mass is 174 g/mol. The first-order valence-electron chi connectivity index (χ1n) is 4.09. The zero-order valence-corrected chi connectivity index (χ0v) is 7.62. The second-order valence-corrected chi connectivity index (χ2v) is 2.87. The third kappa shape index (κ3) is 1.95. The summed E-state index contributed by atoms with van der Waals surface area (Å²) in [6.45, 7) is 5.54. The van der Waals surface area contributed by atoms with E-state index >= 15 is 0 Å². The smallest absolute Gasteiger partial charge is 0.329 e. The lowest BCUT2D eigenvalue weighted by Gasteiger charge is -2.24. The molecule has 0 aromatic carbocycles. The van der Waals surface area contributed by atoms with Gasteiger partial charge in [-0.25, -0.2) is 0 Å². The van der Waals surface area contributed by atoms with Gasteiger partial charge in [0.25, 0.3) is 0 Å². The SMILES string of the molecule is CCC1(OC(C)=O)OCC(C)O1. The third-order valence-corrected chi connectivity index (χ3v) is 1.65. The Morgan fingerprint density at radius 3 is 2.75 bits per heavy atom. The van der Waals surface area contributed by atoms with Gasteiger partial charge in [0.15, 0.2) is 0 Å². The first-order chi connectivity index (χ1) is 5.58. The Morgan fingerprint density at radius 1 is 1.75 bits per heavy atom. The molecular weight excluding hydrogens is 160 g/mol. The van der Waals surface area contributed by atoms with Crippen molar-refractivity contribution in [1.29, 1.82) is 0 Å². The summed E-state index contributed by atoms with van der Waals surface area (Å²) in [7, 11) is 0. The molecule has 0 radical (unpaired) electrons. The average Bonchev–Trinajstić information content (AvgIpc) is 2.32. The van der Waals surface area contributed by atoms with E-state index < -0.39 is 5.97 Å². The standard InChI is InChI=1S/C8H14O4/c1-4-8(12-7(3)9)10-5-6(2)11-8/h6H,4-5H2,1-3H3. The van der Waals surface area contributed by atoms with Gasteiger partial charge >= 0.3 is 11.9 Å². The minimum absolute atomic E-state index is 0.00991. The van der Waals surface area contributed by atoms with Crippen LogP contribution in [-0.4, -0.2) is 24.7 Å². The predicted octanol–water partition coefficient (Wildman–Crippen LogP) is 1.05. The van der Waals surface area contributed by atoms with Crippen LogP contribution >= 0.6 is 0 Å². The van der Waals surface area contributed by atoms with Gasteiger partial charge in [-0.1, -0.05) is 6.92 Å². The largest absolute Gasteiger partial charge is 0.408 e. The second-order valence-electron chi connectivity index (χ2n) is 2.87. The molecule has 12 heavy (non-hydrogen) atoms. The normalized spacial score (nSPS) is 35.1. The van der Waals surface area contributed by atoms with E-state index in [0.717, 1.165) is 0 Å². The predicted molar refractivity (Wildman–Crippen MR) is 41.3 cm³/mol. The lowest BCUT2D eigenvalue weighted by molar-refractivity contribution is -0.318. The zero-order chi connectivity index (χ0) is 9.19. The maximum Gasteiger partial charge on any atom is 0.329 e. The highest BCUT2D eigenvalue weighted by molar-refractivity contribution is 5.66. The van der Waals surface area contributed by atoms with E-state index in [2.05, 4.69) is 0 Å². The maximum atomic E-state index is 10.7. The molecule has 0 amide bonds. The molecule has 0 bridgehead atoms. The first-order valence-corrected chi connectivity index (χ1v) is 4.09. The third-order valence-electron chi connectivity index (χ3n) is 1.65. The number of rotatable bonds is 2. The highest BCUT2D eigenvalue weighted by atomic mass is 16.9. The quantitative estimate of drug-likeness (QED) is 0.587. The Kier molecular flexibility index (Phi) is 2.69. The van der Waals surface area contributed by atoms with Gasteiger partial charge in [0.05, 0.1) is 12.7 Å². The highest BCUT2D eigenvalue weighted by Crippen LogP contribution is 2.28. The topological polar surface area (TPSA) is 44.8 Å². The molecule has 2 atom stereocenters. The van der Waals surface area contributed by atoms with Crippen molar-refractivity contribution in [1.82, 2.24) is 0 Å². The van der Waals surface area contributed by atoms with Crippen molar-refractivity contribution < 1.29 is 19.0 Å². The maximum absolute atomic E-state index is 10.7. The minimum Gasteiger partial charge on any atom is -0.408 e. The molecule has 1 saturated heterocycles. The van der Waals surface area contributed by atoms with Crippen molar-refractivity contribution >= 4 is 5.97 Å². The summed E-state index contributed by atoms with van der Waals surface area (Å²) in [6.07, 6.45) is 0.501. The van der Waals surface area contributed by atoms with Gasteiger partial charge in [0.2, 0.25) is 0 Å². The van der Waals surface area contributed by atoms with Gasteiger partial charge in [-0.05, 0) is 6.92 Å². The Hall–Kier alpha value is -0.610. The van der Waals surface area contributed by atoms with Crippen LogP contribution in [-0.2, 0) is 19.0 Å². The molecule has 0 aromatic rings. The molecule has 70 valence electrons. The van der Waals surface area contributed by atoms with E-state index in [1.807, 2.05) is 13.8 Å². The summed E-state index contributed by atoms with van der Waals surface area (Å²) in [6, 6.07) is 0. The van der Waals surface area contributed by atoms with Crippen LogP contribution in [0.3, 0.4) is 0 Å². The van der Waals surface area contributed by atoms with Crippen LogP contribution < -0.4 is 0 Å². The molecule has 4 nitrogen and oxygen atoms in total. The summed E-state index contributed by atoms with van der Waals surface area (Å²) in [5, 5.41) is 0. The van der Waals surface area contributed by atoms with Crippen molar-refractivity contribution in [2.45, 2.75) is 39.3 Å². The minimum atomic E-state index is -1.12. The molecular formula is C8H14O4. The van der Waals surface area contributed by atoms with E-state index in [-0.39, 0.29) is 12.1 Å². The van der Waals surface area contributed by atoms with Crippen LogP contribution in [0.25, 0.3) is 0 Å². The van der Waals surface area contributed by atoms with Crippen LogP contribution in [0.4, 0.5) is 0 Å². The van der Waals surface area contributed by atoms with Gasteiger partial charge in [-0.2, -0.15) is 0 Å². The van der Waals surface area contributed by atoms with E-state index in [1.54, 1.807) is 0 Å². The van der Waals surface area contributed by atoms with E-state index in [9.17, 15) is 4.79 Å². The Balaban J connectivity index is 2.58. The molecule has 1 rings (SSSR count). The molecule has 1 aliphatic rings. The van der Waals surface area contributed by atoms with Crippen LogP contribution in [0.5, 0.6) is 0 Å². The van der Waals surface area contributed by atoms with Crippen molar-refractivity contribution in [3.63, 3.8) is 0 Å². The number of hydrogen-bond acceptors (Lipinski definition) is 4. The van der Waals surface area contributed by atoms with E-state index in [4.69, 9.17) is 14.2 Å². The van der Waals surface area contributed by atoms with Crippen molar-refractivity contribution in [2.75, 3.05) is 6.61 Å². The molecule has 0 N–H and O–H groups in total.